The van der Waals surface area contributed by atoms with Gasteiger partial charge in [0.05, 0.1) is 19.4 Å². The van der Waals surface area contributed by atoms with Crippen molar-refractivity contribution < 1.29 is 19.4 Å². The predicted molar refractivity (Wildman–Crippen MR) is 78.2 cm³/mol. The van der Waals surface area contributed by atoms with Gasteiger partial charge in [-0.2, -0.15) is 0 Å². The number of carboxylic acids is 1. The van der Waals surface area contributed by atoms with E-state index >= 15 is 0 Å². The SMILES string of the molecule is COc1cccc(CC(=O)NC2CCCCC2C(=O)O)c1. The van der Waals surface area contributed by atoms with Crippen LogP contribution in [0.5, 0.6) is 5.75 Å². The van der Waals surface area contributed by atoms with Gasteiger partial charge in [0.25, 0.3) is 0 Å². The molecule has 5 nitrogen and oxygen atoms in total. The maximum atomic E-state index is 12.1. The molecule has 1 fully saturated rings. The molecule has 2 rings (SSSR count). The number of amides is 1. The minimum Gasteiger partial charge on any atom is -0.497 e. The highest BCUT2D eigenvalue weighted by molar-refractivity contribution is 5.80. The van der Waals surface area contributed by atoms with Crippen molar-refractivity contribution in [3.63, 3.8) is 0 Å². The molecule has 114 valence electrons. The van der Waals surface area contributed by atoms with Crippen LogP contribution in [0.2, 0.25) is 0 Å². The van der Waals surface area contributed by atoms with Crippen LogP contribution in [0.1, 0.15) is 31.2 Å². The van der Waals surface area contributed by atoms with Crippen molar-refractivity contribution in [1.82, 2.24) is 5.32 Å². The minimum absolute atomic E-state index is 0.138. The number of hydrogen-bond donors (Lipinski definition) is 2. The molecule has 0 bridgehead atoms. The van der Waals surface area contributed by atoms with Gasteiger partial charge in [-0.05, 0) is 30.5 Å². The first-order valence-electron chi connectivity index (χ1n) is 7.25. The Hall–Kier alpha value is -2.04. The van der Waals surface area contributed by atoms with Crippen LogP contribution in [-0.4, -0.2) is 30.1 Å². The number of rotatable bonds is 5. The summed E-state index contributed by atoms with van der Waals surface area (Å²) in [6.45, 7) is 0. The normalized spacial score (nSPS) is 21.6. The molecule has 1 aliphatic carbocycles. The first kappa shape index (κ1) is 15.4. The predicted octanol–water partition coefficient (Wildman–Crippen LogP) is 2.00. The number of carbonyl (C=O) groups is 2. The van der Waals surface area contributed by atoms with Crippen molar-refractivity contribution in [2.45, 2.75) is 38.1 Å². The van der Waals surface area contributed by atoms with Gasteiger partial charge in [-0.3, -0.25) is 9.59 Å². The van der Waals surface area contributed by atoms with Gasteiger partial charge in [-0.1, -0.05) is 25.0 Å². The third-order valence-electron chi connectivity index (χ3n) is 3.93. The van der Waals surface area contributed by atoms with Crippen LogP contribution in [0.25, 0.3) is 0 Å². The van der Waals surface area contributed by atoms with Gasteiger partial charge in [0.1, 0.15) is 5.75 Å². The van der Waals surface area contributed by atoms with E-state index in [4.69, 9.17) is 4.74 Å². The summed E-state index contributed by atoms with van der Waals surface area (Å²) in [4.78, 5) is 23.3. The molecule has 2 atom stereocenters. The Bertz CT molecular complexity index is 515. The summed E-state index contributed by atoms with van der Waals surface area (Å²) in [5, 5.41) is 12.1. The first-order valence-corrected chi connectivity index (χ1v) is 7.25. The van der Waals surface area contributed by atoms with E-state index in [-0.39, 0.29) is 18.4 Å². The van der Waals surface area contributed by atoms with Gasteiger partial charge in [-0.25, -0.2) is 0 Å². The molecule has 5 heteroatoms. The summed E-state index contributed by atoms with van der Waals surface area (Å²) in [5.41, 5.74) is 0.856. The summed E-state index contributed by atoms with van der Waals surface area (Å²) >= 11 is 0. The Kier molecular flexibility index (Phi) is 5.20. The van der Waals surface area contributed by atoms with E-state index < -0.39 is 11.9 Å². The molecule has 0 heterocycles. The number of aliphatic carboxylic acids is 1. The minimum atomic E-state index is -0.818. The van der Waals surface area contributed by atoms with E-state index in [0.717, 1.165) is 24.8 Å². The molecular weight excluding hydrogens is 270 g/mol. The summed E-state index contributed by atoms with van der Waals surface area (Å²) < 4.78 is 5.13. The third-order valence-corrected chi connectivity index (χ3v) is 3.93. The molecule has 2 N–H and O–H groups in total. The Morgan fingerprint density at radius 3 is 2.81 bits per heavy atom. The summed E-state index contributed by atoms with van der Waals surface area (Å²) in [7, 11) is 1.58. The van der Waals surface area contributed by atoms with Crippen molar-refractivity contribution in [1.29, 1.82) is 0 Å². The van der Waals surface area contributed by atoms with Crippen LogP contribution < -0.4 is 10.1 Å². The second-order valence-electron chi connectivity index (χ2n) is 5.43. The standard InChI is InChI=1S/C16H21NO4/c1-21-12-6-4-5-11(9-12)10-15(18)17-14-8-3-2-7-13(14)16(19)20/h4-6,9,13-14H,2-3,7-8,10H2,1H3,(H,17,18)(H,19,20). The number of nitrogens with one attached hydrogen (secondary N) is 1. The largest absolute Gasteiger partial charge is 0.497 e. The topological polar surface area (TPSA) is 75.6 Å². The van der Waals surface area contributed by atoms with E-state index in [9.17, 15) is 14.7 Å². The summed E-state index contributed by atoms with van der Waals surface area (Å²) in [6, 6.07) is 7.08. The lowest BCUT2D eigenvalue weighted by Crippen LogP contribution is -2.45. The molecular formula is C16H21NO4. The van der Waals surface area contributed by atoms with Crippen molar-refractivity contribution in [2.24, 2.45) is 5.92 Å². The highest BCUT2D eigenvalue weighted by Gasteiger charge is 2.31. The second kappa shape index (κ2) is 7.11. The molecule has 1 saturated carbocycles. The van der Waals surface area contributed by atoms with E-state index in [1.54, 1.807) is 7.11 Å². The lowest BCUT2D eigenvalue weighted by atomic mass is 9.84. The van der Waals surface area contributed by atoms with Crippen LogP contribution in [0, 0.1) is 5.92 Å². The second-order valence-corrected chi connectivity index (χ2v) is 5.43. The average molecular weight is 291 g/mol. The third kappa shape index (κ3) is 4.21. The maximum Gasteiger partial charge on any atom is 0.308 e. The summed E-state index contributed by atoms with van der Waals surface area (Å²) in [5.74, 6) is -0.711. The molecule has 2 unspecified atom stereocenters. The Morgan fingerprint density at radius 1 is 1.33 bits per heavy atom. The first-order chi connectivity index (χ1) is 10.1. The highest BCUT2D eigenvalue weighted by Crippen LogP contribution is 2.24. The van der Waals surface area contributed by atoms with Crippen molar-refractivity contribution in [3.8, 4) is 5.75 Å². The van der Waals surface area contributed by atoms with E-state index in [1.165, 1.54) is 0 Å². The zero-order valence-corrected chi connectivity index (χ0v) is 12.2. The molecule has 0 saturated heterocycles. The maximum absolute atomic E-state index is 12.1. The van der Waals surface area contributed by atoms with Gasteiger partial charge >= 0.3 is 5.97 Å². The van der Waals surface area contributed by atoms with Gasteiger partial charge in [0.15, 0.2) is 0 Å². The highest BCUT2D eigenvalue weighted by atomic mass is 16.5. The van der Waals surface area contributed by atoms with Gasteiger partial charge in [0.2, 0.25) is 5.91 Å². The smallest absolute Gasteiger partial charge is 0.308 e. The van der Waals surface area contributed by atoms with Crippen LogP contribution in [0.3, 0.4) is 0 Å². The zero-order chi connectivity index (χ0) is 15.2. The molecule has 21 heavy (non-hydrogen) atoms. The van der Waals surface area contributed by atoms with Gasteiger partial charge < -0.3 is 15.2 Å². The van der Waals surface area contributed by atoms with E-state index in [2.05, 4.69) is 5.32 Å². The number of ether oxygens (including phenoxy) is 1. The van der Waals surface area contributed by atoms with Crippen molar-refractivity contribution in [3.05, 3.63) is 29.8 Å². The quantitative estimate of drug-likeness (QED) is 0.870. The Morgan fingerprint density at radius 2 is 2.10 bits per heavy atom. The molecule has 1 aromatic carbocycles. The molecule has 0 aromatic heterocycles. The van der Waals surface area contributed by atoms with Crippen LogP contribution in [0.15, 0.2) is 24.3 Å². The van der Waals surface area contributed by atoms with Gasteiger partial charge in [0, 0.05) is 6.04 Å². The lowest BCUT2D eigenvalue weighted by molar-refractivity contribution is -0.144. The van der Waals surface area contributed by atoms with Crippen molar-refractivity contribution in [2.75, 3.05) is 7.11 Å². The number of hydrogen-bond acceptors (Lipinski definition) is 3. The molecule has 0 radical (unpaired) electrons. The number of carbonyl (C=O) groups excluding carboxylic acids is 1. The van der Waals surface area contributed by atoms with Crippen LogP contribution in [0.4, 0.5) is 0 Å². The fourth-order valence-corrected chi connectivity index (χ4v) is 2.82. The van der Waals surface area contributed by atoms with E-state index in [0.29, 0.717) is 12.2 Å². The molecule has 1 aliphatic rings. The van der Waals surface area contributed by atoms with Crippen LogP contribution in [-0.2, 0) is 16.0 Å². The van der Waals surface area contributed by atoms with Gasteiger partial charge in [-0.15, -0.1) is 0 Å². The van der Waals surface area contributed by atoms with E-state index in [1.807, 2.05) is 24.3 Å². The lowest BCUT2D eigenvalue weighted by Gasteiger charge is -2.29. The average Bonchev–Trinajstić information content (AvgIpc) is 2.47. The zero-order valence-electron chi connectivity index (χ0n) is 12.2. The van der Waals surface area contributed by atoms with Crippen molar-refractivity contribution >= 4 is 11.9 Å². The molecule has 1 aromatic rings. The molecule has 1 amide bonds. The Labute approximate surface area is 124 Å². The number of methoxy groups -OCH3 is 1. The monoisotopic (exact) mass is 291 g/mol. The molecule has 0 spiro atoms. The fraction of sp³-hybridized carbons (Fsp3) is 0.500. The van der Waals surface area contributed by atoms with Crippen LogP contribution >= 0.6 is 0 Å². The number of carboxylic acid groups (broad SMARTS) is 1. The Balaban J connectivity index is 1.95. The fourth-order valence-electron chi connectivity index (χ4n) is 2.82. The molecule has 0 aliphatic heterocycles. The number of benzene rings is 1. The summed E-state index contributed by atoms with van der Waals surface area (Å²) in [6.07, 6.45) is 3.49.